The van der Waals surface area contributed by atoms with Crippen LogP contribution in [0.3, 0.4) is 0 Å². The average molecular weight is 393 g/mol. The molecule has 2 rings (SSSR count). The van der Waals surface area contributed by atoms with Crippen LogP contribution in [0.25, 0.3) is 0 Å². The number of nitrogen functional groups attached to an aromatic ring is 1. The van der Waals surface area contributed by atoms with E-state index in [0.717, 1.165) is 20.8 Å². The van der Waals surface area contributed by atoms with Crippen molar-refractivity contribution in [3.8, 4) is 0 Å². The fraction of sp³-hybridized carbons (Fsp3) is 0.231. The molecule has 0 atom stereocenters. The molecule has 0 saturated carbocycles. The van der Waals surface area contributed by atoms with Gasteiger partial charge in [-0.3, -0.25) is 0 Å². The molecule has 0 radical (unpaired) electrons. The van der Waals surface area contributed by atoms with Gasteiger partial charge >= 0.3 is 0 Å². The topological polar surface area (TPSA) is 72.2 Å². The number of sulfonamides is 1. The van der Waals surface area contributed by atoms with E-state index in [-0.39, 0.29) is 12.2 Å². The maximum atomic E-state index is 13.8. The highest BCUT2D eigenvalue weighted by Gasteiger charge is 2.20. The summed E-state index contributed by atoms with van der Waals surface area (Å²) in [7, 11) is -3.91. The highest BCUT2D eigenvalue weighted by Crippen LogP contribution is 2.23. The third-order valence-corrected chi connectivity index (χ3v) is 6.06. The van der Waals surface area contributed by atoms with Crippen LogP contribution in [0.5, 0.6) is 0 Å². The summed E-state index contributed by atoms with van der Waals surface area (Å²) in [4.78, 5) is 0.617. The third kappa shape index (κ3) is 4.03. The zero-order chi connectivity index (χ0) is 15.6. The number of halogens is 2. The molecule has 2 aromatic rings. The lowest BCUT2D eigenvalue weighted by Gasteiger charge is -2.09. The Kier molecular flexibility index (Phi) is 5.03. The molecule has 8 heteroatoms. The van der Waals surface area contributed by atoms with Gasteiger partial charge in [0.15, 0.2) is 0 Å². The molecule has 0 unspecified atom stereocenters. The first-order valence-corrected chi connectivity index (χ1v) is 9.18. The Morgan fingerprint density at radius 2 is 2.10 bits per heavy atom. The van der Waals surface area contributed by atoms with E-state index in [0.29, 0.717) is 12.0 Å². The molecule has 21 heavy (non-hydrogen) atoms. The van der Waals surface area contributed by atoms with E-state index in [1.807, 2.05) is 12.1 Å². The molecule has 0 amide bonds. The molecule has 3 N–H and O–H groups in total. The molecule has 4 nitrogen and oxygen atoms in total. The van der Waals surface area contributed by atoms with Gasteiger partial charge in [-0.05, 0) is 59.1 Å². The molecule has 0 saturated heterocycles. The molecule has 0 aliphatic rings. The fourth-order valence-electron chi connectivity index (χ4n) is 1.75. The molecule has 114 valence electrons. The van der Waals surface area contributed by atoms with E-state index in [2.05, 4.69) is 20.7 Å². The summed E-state index contributed by atoms with van der Waals surface area (Å²) in [6.45, 7) is 1.82. The summed E-state index contributed by atoms with van der Waals surface area (Å²) >= 11 is 4.87. The summed E-state index contributed by atoms with van der Waals surface area (Å²) in [5, 5.41) is 0. The van der Waals surface area contributed by atoms with Crippen molar-refractivity contribution in [1.29, 1.82) is 0 Å². The minimum absolute atomic E-state index is 0.197. The zero-order valence-corrected chi connectivity index (χ0v) is 14.4. The van der Waals surface area contributed by atoms with Crippen LogP contribution in [0.15, 0.2) is 32.9 Å². The maximum Gasteiger partial charge on any atom is 0.243 e. The molecule has 1 aromatic heterocycles. The van der Waals surface area contributed by atoms with Gasteiger partial charge in [-0.2, -0.15) is 0 Å². The predicted molar refractivity (Wildman–Crippen MR) is 86.5 cm³/mol. The van der Waals surface area contributed by atoms with Crippen LogP contribution in [0.2, 0.25) is 0 Å². The van der Waals surface area contributed by atoms with E-state index in [4.69, 9.17) is 5.73 Å². The third-order valence-electron chi connectivity index (χ3n) is 2.90. The number of nitrogens with one attached hydrogen (secondary N) is 1. The second-order valence-corrected chi connectivity index (χ2v) is 8.78. The fourth-order valence-corrected chi connectivity index (χ4v) is 4.35. The van der Waals surface area contributed by atoms with Gasteiger partial charge in [0.2, 0.25) is 10.0 Å². The highest BCUT2D eigenvalue weighted by molar-refractivity contribution is 9.11. The van der Waals surface area contributed by atoms with E-state index < -0.39 is 20.7 Å². The normalized spacial score (nSPS) is 11.8. The Balaban J connectivity index is 2.10. The van der Waals surface area contributed by atoms with Crippen LogP contribution < -0.4 is 10.5 Å². The van der Waals surface area contributed by atoms with Crippen LogP contribution in [0.4, 0.5) is 10.1 Å². The molecule has 1 aromatic carbocycles. The number of rotatable bonds is 5. The van der Waals surface area contributed by atoms with Gasteiger partial charge in [0, 0.05) is 17.1 Å². The first-order valence-electron chi connectivity index (χ1n) is 6.09. The molecule has 0 aliphatic carbocycles. The lowest BCUT2D eigenvalue weighted by Crippen LogP contribution is -2.26. The Hall–Kier alpha value is -0.960. The second kappa shape index (κ2) is 6.43. The van der Waals surface area contributed by atoms with E-state index >= 15 is 0 Å². The van der Waals surface area contributed by atoms with Crippen molar-refractivity contribution in [3.05, 3.63) is 44.3 Å². The summed E-state index contributed by atoms with van der Waals surface area (Å²) in [5.74, 6) is -0.798. The molecule has 0 spiro atoms. The Morgan fingerprint density at radius 1 is 1.38 bits per heavy atom. The van der Waals surface area contributed by atoms with Gasteiger partial charge < -0.3 is 5.73 Å². The van der Waals surface area contributed by atoms with E-state index in [1.165, 1.54) is 11.3 Å². The molecule has 0 aliphatic heterocycles. The number of thiophene rings is 1. The van der Waals surface area contributed by atoms with E-state index in [1.54, 1.807) is 6.92 Å². The minimum atomic E-state index is -3.91. The quantitative estimate of drug-likeness (QED) is 0.767. The average Bonchev–Trinajstić information content (AvgIpc) is 2.79. The van der Waals surface area contributed by atoms with Crippen molar-refractivity contribution in [2.45, 2.75) is 18.2 Å². The summed E-state index contributed by atoms with van der Waals surface area (Å²) in [5.41, 5.74) is 6.40. The first kappa shape index (κ1) is 16.4. The second-order valence-electron chi connectivity index (χ2n) is 4.49. The van der Waals surface area contributed by atoms with Crippen LogP contribution >= 0.6 is 27.3 Å². The van der Waals surface area contributed by atoms with Crippen molar-refractivity contribution >= 4 is 43.0 Å². The molecule has 1 heterocycles. The molecule has 0 bridgehead atoms. The summed E-state index contributed by atoms with van der Waals surface area (Å²) in [6.07, 6.45) is 0.540. The number of hydrogen-bond donors (Lipinski definition) is 2. The summed E-state index contributed by atoms with van der Waals surface area (Å²) < 4.78 is 41.4. The number of anilines is 1. The van der Waals surface area contributed by atoms with Gasteiger partial charge in [0.05, 0.1) is 3.79 Å². The van der Waals surface area contributed by atoms with Crippen LogP contribution in [-0.2, 0) is 16.4 Å². The smallest absolute Gasteiger partial charge is 0.243 e. The van der Waals surface area contributed by atoms with Crippen molar-refractivity contribution in [2.24, 2.45) is 0 Å². The van der Waals surface area contributed by atoms with Crippen LogP contribution in [0.1, 0.15) is 10.4 Å². The van der Waals surface area contributed by atoms with Crippen LogP contribution in [0, 0.1) is 12.7 Å². The lowest BCUT2D eigenvalue weighted by molar-refractivity contribution is 0.557. The largest absolute Gasteiger partial charge is 0.398 e. The summed E-state index contributed by atoms with van der Waals surface area (Å²) in [6, 6.07) is 6.08. The number of benzene rings is 1. The van der Waals surface area contributed by atoms with E-state index in [9.17, 15) is 12.8 Å². The number of aryl methyl sites for hydroxylation is 1. The minimum Gasteiger partial charge on any atom is -0.398 e. The Bertz CT molecular complexity index is 760. The Labute approximate surface area is 135 Å². The SMILES string of the molecule is Cc1cc(F)c(S(=O)(=O)NCCc2ccc(Br)s2)cc1N. The van der Waals surface area contributed by atoms with Gasteiger partial charge in [0.1, 0.15) is 10.7 Å². The standard InChI is InChI=1S/C13H14BrFN2O2S2/c1-8-6-10(15)12(7-11(8)16)21(18,19)17-5-4-9-2-3-13(14)20-9/h2-3,6-7,17H,4-5,16H2,1H3. The number of hydrogen-bond acceptors (Lipinski definition) is 4. The number of nitrogens with two attached hydrogens (primary N) is 1. The highest BCUT2D eigenvalue weighted by atomic mass is 79.9. The molecular weight excluding hydrogens is 379 g/mol. The van der Waals surface area contributed by atoms with Crippen molar-refractivity contribution in [3.63, 3.8) is 0 Å². The molecular formula is C13H14BrFN2O2S2. The van der Waals surface area contributed by atoms with Crippen molar-refractivity contribution in [1.82, 2.24) is 4.72 Å². The van der Waals surface area contributed by atoms with Gasteiger partial charge in [0.25, 0.3) is 0 Å². The van der Waals surface area contributed by atoms with Gasteiger partial charge in [-0.1, -0.05) is 0 Å². The molecule has 0 fully saturated rings. The monoisotopic (exact) mass is 392 g/mol. The zero-order valence-electron chi connectivity index (χ0n) is 11.2. The van der Waals surface area contributed by atoms with Gasteiger partial charge in [-0.25, -0.2) is 17.5 Å². The first-order chi connectivity index (χ1) is 9.79. The van der Waals surface area contributed by atoms with Crippen molar-refractivity contribution in [2.75, 3.05) is 12.3 Å². The van der Waals surface area contributed by atoms with Crippen LogP contribution in [-0.4, -0.2) is 15.0 Å². The Morgan fingerprint density at radius 3 is 2.71 bits per heavy atom. The lowest BCUT2D eigenvalue weighted by atomic mass is 10.2. The van der Waals surface area contributed by atoms with Crippen molar-refractivity contribution < 1.29 is 12.8 Å². The predicted octanol–water partition coefficient (Wildman–Crippen LogP) is 3.06. The maximum absolute atomic E-state index is 13.8. The van der Waals surface area contributed by atoms with Gasteiger partial charge in [-0.15, -0.1) is 11.3 Å².